The van der Waals surface area contributed by atoms with Crippen LogP contribution in [0.15, 0.2) is 18.2 Å². The lowest BCUT2D eigenvalue weighted by Crippen LogP contribution is -2.22. The van der Waals surface area contributed by atoms with Crippen molar-refractivity contribution in [2.45, 2.75) is 39.0 Å². The zero-order chi connectivity index (χ0) is 14.6. The first kappa shape index (κ1) is 16.0. The van der Waals surface area contributed by atoms with E-state index in [1.165, 1.54) is 0 Å². The first-order valence-corrected chi connectivity index (χ1v) is 8.16. The maximum Gasteiger partial charge on any atom is 0.155 e. The Morgan fingerprint density at radius 1 is 1.26 bits per heavy atom. The Kier molecular flexibility index (Phi) is 5.38. The number of ether oxygens (including phenoxy) is 1. The first-order valence-electron chi connectivity index (χ1n) is 6.44. The topological polar surface area (TPSA) is 69.4 Å². The number of rotatable bonds is 6. The molecule has 0 saturated carbocycles. The Morgan fingerprint density at radius 2 is 1.89 bits per heavy atom. The zero-order valence-electron chi connectivity index (χ0n) is 12.0. The standard InChI is InChI=1S/C14H23NO3S/c1-10(2)19(16,17)8-7-18-14-9-11(3)5-6-13(14)12(4)15/h5-6,9-10,12H,7-8,15H2,1-4H3. The summed E-state index contributed by atoms with van der Waals surface area (Å²) in [4.78, 5) is 0. The molecule has 0 radical (unpaired) electrons. The van der Waals surface area contributed by atoms with Crippen LogP contribution in [0.3, 0.4) is 0 Å². The molecule has 1 rings (SSSR count). The molecule has 19 heavy (non-hydrogen) atoms. The molecule has 108 valence electrons. The second-order valence-corrected chi connectivity index (χ2v) is 7.77. The van der Waals surface area contributed by atoms with E-state index in [1.54, 1.807) is 13.8 Å². The molecule has 0 aliphatic rings. The van der Waals surface area contributed by atoms with E-state index in [9.17, 15) is 8.42 Å². The van der Waals surface area contributed by atoms with Crippen LogP contribution in [0.1, 0.15) is 37.9 Å². The number of aryl methyl sites for hydroxylation is 1. The molecule has 0 saturated heterocycles. The lowest BCUT2D eigenvalue weighted by molar-refractivity contribution is 0.335. The predicted octanol–water partition coefficient (Wildman–Crippen LogP) is 2.22. The van der Waals surface area contributed by atoms with Crippen LogP contribution in [-0.2, 0) is 9.84 Å². The predicted molar refractivity (Wildman–Crippen MR) is 78.2 cm³/mol. The SMILES string of the molecule is Cc1ccc(C(C)N)c(OCCS(=O)(=O)C(C)C)c1. The van der Waals surface area contributed by atoms with Crippen molar-refractivity contribution in [1.82, 2.24) is 0 Å². The van der Waals surface area contributed by atoms with Gasteiger partial charge in [0, 0.05) is 11.6 Å². The molecule has 0 aliphatic heterocycles. The van der Waals surface area contributed by atoms with Gasteiger partial charge in [0.15, 0.2) is 9.84 Å². The van der Waals surface area contributed by atoms with Crippen LogP contribution in [0.4, 0.5) is 0 Å². The summed E-state index contributed by atoms with van der Waals surface area (Å²) in [5.74, 6) is 0.700. The van der Waals surface area contributed by atoms with Crippen LogP contribution in [0, 0.1) is 6.92 Å². The average molecular weight is 285 g/mol. The van der Waals surface area contributed by atoms with Crippen molar-refractivity contribution in [3.05, 3.63) is 29.3 Å². The zero-order valence-corrected chi connectivity index (χ0v) is 12.8. The highest BCUT2D eigenvalue weighted by atomic mass is 32.2. The van der Waals surface area contributed by atoms with Crippen molar-refractivity contribution in [2.24, 2.45) is 5.73 Å². The van der Waals surface area contributed by atoms with Gasteiger partial charge in [-0.1, -0.05) is 12.1 Å². The molecule has 0 aliphatic carbocycles. The Morgan fingerprint density at radius 3 is 2.42 bits per heavy atom. The van der Waals surface area contributed by atoms with E-state index >= 15 is 0 Å². The van der Waals surface area contributed by atoms with Gasteiger partial charge in [0.1, 0.15) is 12.4 Å². The van der Waals surface area contributed by atoms with Gasteiger partial charge in [0.05, 0.1) is 11.0 Å². The largest absolute Gasteiger partial charge is 0.492 e. The fraction of sp³-hybridized carbons (Fsp3) is 0.571. The number of hydrogen-bond acceptors (Lipinski definition) is 4. The third kappa shape index (κ3) is 4.51. The van der Waals surface area contributed by atoms with Gasteiger partial charge < -0.3 is 10.5 Å². The van der Waals surface area contributed by atoms with E-state index in [-0.39, 0.29) is 23.7 Å². The molecule has 0 spiro atoms. The maximum absolute atomic E-state index is 11.7. The average Bonchev–Trinajstić information content (AvgIpc) is 2.28. The number of sulfone groups is 1. The van der Waals surface area contributed by atoms with E-state index in [1.807, 2.05) is 32.0 Å². The lowest BCUT2D eigenvalue weighted by Gasteiger charge is -2.15. The Hall–Kier alpha value is -1.07. The van der Waals surface area contributed by atoms with Crippen LogP contribution in [0.2, 0.25) is 0 Å². The summed E-state index contributed by atoms with van der Waals surface area (Å²) in [5, 5.41) is -0.374. The van der Waals surface area contributed by atoms with E-state index in [2.05, 4.69) is 0 Å². The number of nitrogens with two attached hydrogens (primary N) is 1. The summed E-state index contributed by atoms with van der Waals surface area (Å²) in [5.41, 5.74) is 7.83. The van der Waals surface area contributed by atoms with Gasteiger partial charge in [-0.15, -0.1) is 0 Å². The maximum atomic E-state index is 11.7. The fourth-order valence-corrected chi connectivity index (χ4v) is 2.43. The smallest absolute Gasteiger partial charge is 0.155 e. The molecular weight excluding hydrogens is 262 g/mol. The van der Waals surface area contributed by atoms with E-state index < -0.39 is 9.84 Å². The molecule has 0 fully saturated rings. The molecule has 0 aromatic heterocycles. The van der Waals surface area contributed by atoms with E-state index in [0.29, 0.717) is 5.75 Å². The second-order valence-electron chi connectivity index (χ2n) is 5.09. The summed E-state index contributed by atoms with van der Waals surface area (Å²) in [6.07, 6.45) is 0. The van der Waals surface area contributed by atoms with Gasteiger partial charge in [0.25, 0.3) is 0 Å². The molecule has 1 aromatic carbocycles. The molecule has 2 N–H and O–H groups in total. The quantitative estimate of drug-likeness (QED) is 0.870. The van der Waals surface area contributed by atoms with Gasteiger partial charge in [-0.3, -0.25) is 0 Å². The number of benzene rings is 1. The highest BCUT2D eigenvalue weighted by molar-refractivity contribution is 7.91. The summed E-state index contributed by atoms with van der Waals surface area (Å²) in [6, 6.07) is 5.64. The molecule has 1 aromatic rings. The van der Waals surface area contributed by atoms with Crippen molar-refractivity contribution in [3.8, 4) is 5.75 Å². The third-order valence-electron chi connectivity index (χ3n) is 3.00. The minimum atomic E-state index is -3.07. The Bertz CT molecular complexity index is 521. The van der Waals surface area contributed by atoms with Gasteiger partial charge in [-0.2, -0.15) is 0 Å². The molecule has 0 heterocycles. The molecule has 0 bridgehead atoms. The molecule has 4 nitrogen and oxygen atoms in total. The lowest BCUT2D eigenvalue weighted by atomic mass is 10.1. The summed E-state index contributed by atoms with van der Waals surface area (Å²) >= 11 is 0. The first-order chi connectivity index (χ1) is 8.74. The van der Waals surface area contributed by atoms with Crippen molar-refractivity contribution in [1.29, 1.82) is 0 Å². The van der Waals surface area contributed by atoms with Gasteiger partial charge in [-0.25, -0.2) is 8.42 Å². The third-order valence-corrected chi connectivity index (χ3v) is 5.18. The van der Waals surface area contributed by atoms with Crippen molar-refractivity contribution in [2.75, 3.05) is 12.4 Å². The fourth-order valence-electron chi connectivity index (χ4n) is 1.65. The van der Waals surface area contributed by atoms with Crippen LogP contribution < -0.4 is 10.5 Å². The summed E-state index contributed by atoms with van der Waals surface area (Å²) in [6.45, 7) is 7.35. The molecule has 1 unspecified atom stereocenters. The molecule has 0 amide bonds. The number of hydrogen-bond donors (Lipinski definition) is 1. The summed E-state index contributed by atoms with van der Waals surface area (Å²) in [7, 11) is -3.07. The summed E-state index contributed by atoms with van der Waals surface area (Å²) < 4.78 is 29.0. The molecule has 1 atom stereocenters. The van der Waals surface area contributed by atoms with Gasteiger partial charge in [0.2, 0.25) is 0 Å². The van der Waals surface area contributed by atoms with Crippen molar-refractivity contribution in [3.63, 3.8) is 0 Å². The molecular formula is C14H23NO3S. The van der Waals surface area contributed by atoms with Crippen LogP contribution in [0.5, 0.6) is 5.75 Å². The normalized spacial score (nSPS) is 13.6. The second kappa shape index (κ2) is 6.39. The highest BCUT2D eigenvalue weighted by Crippen LogP contribution is 2.25. The van der Waals surface area contributed by atoms with E-state index in [0.717, 1.165) is 11.1 Å². The molecule has 5 heteroatoms. The minimum Gasteiger partial charge on any atom is -0.492 e. The Balaban J connectivity index is 2.75. The highest BCUT2D eigenvalue weighted by Gasteiger charge is 2.16. The van der Waals surface area contributed by atoms with Gasteiger partial charge in [-0.05, 0) is 39.3 Å². The van der Waals surface area contributed by atoms with Crippen LogP contribution in [-0.4, -0.2) is 26.0 Å². The monoisotopic (exact) mass is 285 g/mol. The Labute approximate surface area is 115 Å². The van der Waals surface area contributed by atoms with E-state index in [4.69, 9.17) is 10.5 Å². The minimum absolute atomic E-state index is 0.0248. The van der Waals surface area contributed by atoms with Crippen molar-refractivity contribution >= 4 is 9.84 Å². The van der Waals surface area contributed by atoms with Gasteiger partial charge >= 0.3 is 0 Å². The van der Waals surface area contributed by atoms with Crippen LogP contribution in [0.25, 0.3) is 0 Å². The van der Waals surface area contributed by atoms with Crippen molar-refractivity contribution < 1.29 is 13.2 Å². The van der Waals surface area contributed by atoms with Crippen LogP contribution >= 0.6 is 0 Å².